The third-order valence-electron chi connectivity index (χ3n) is 5.18. The first-order valence-corrected chi connectivity index (χ1v) is 11.1. The molecule has 32 heavy (non-hydrogen) atoms. The van der Waals surface area contributed by atoms with Gasteiger partial charge in [-0.2, -0.15) is 0 Å². The number of para-hydroxylation sites is 2. The monoisotopic (exact) mass is 441 g/mol. The zero-order valence-corrected chi connectivity index (χ0v) is 18.8. The number of carbonyl (C=O) groups excluding carboxylic acids is 1. The minimum atomic E-state index is -0.235. The van der Waals surface area contributed by atoms with E-state index in [1.807, 2.05) is 77.6 Å². The molecule has 3 aromatic carbocycles. The Morgan fingerprint density at radius 1 is 1.00 bits per heavy atom. The second-order valence-electron chi connectivity index (χ2n) is 7.43. The molecule has 6 heteroatoms. The van der Waals surface area contributed by atoms with Crippen LogP contribution in [0.4, 0.5) is 0 Å². The van der Waals surface area contributed by atoms with Crippen LogP contribution < -0.4 is 9.88 Å². The van der Waals surface area contributed by atoms with E-state index in [0.717, 1.165) is 36.0 Å². The summed E-state index contributed by atoms with van der Waals surface area (Å²) < 4.78 is 3.97. The van der Waals surface area contributed by atoms with Gasteiger partial charge in [-0.3, -0.25) is 4.79 Å². The Kier molecular flexibility index (Phi) is 6.82. The molecule has 5 nitrogen and oxygen atoms in total. The van der Waals surface area contributed by atoms with Crippen molar-refractivity contribution in [2.24, 2.45) is 5.10 Å². The van der Waals surface area contributed by atoms with E-state index in [9.17, 15) is 4.79 Å². The van der Waals surface area contributed by atoms with Gasteiger partial charge in [0, 0.05) is 5.56 Å². The van der Waals surface area contributed by atoms with Gasteiger partial charge in [-0.25, -0.2) is 4.57 Å². The summed E-state index contributed by atoms with van der Waals surface area (Å²) in [6.45, 7) is 2.93. The van der Waals surface area contributed by atoms with E-state index in [4.69, 9.17) is 17.3 Å². The van der Waals surface area contributed by atoms with Crippen molar-refractivity contribution in [1.29, 1.82) is 0 Å². The number of nitrogens with zero attached hydrogens (tertiary/aromatic N) is 3. The first-order chi connectivity index (χ1) is 15.7. The highest BCUT2D eigenvalue weighted by Crippen LogP contribution is 2.16. The van der Waals surface area contributed by atoms with Crippen molar-refractivity contribution in [3.8, 4) is 0 Å². The van der Waals surface area contributed by atoms with Crippen molar-refractivity contribution in [2.45, 2.75) is 26.3 Å². The molecule has 0 aliphatic heterocycles. The summed E-state index contributed by atoms with van der Waals surface area (Å²) in [4.78, 5) is 13.1. The normalized spacial score (nSPS) is 11.2. The van der Waals surface area contributed by atoms with Crippen molar-refractivity contribution in [3.63, 3.8) is 0 Å². The minimum Gasteiger partial charge on any atom is -0.306 e. The molecule has 0 fully saturated rings. The lowest BCUT2D eigenvalue weighted by atomic mass is 10.2. The van der Waals surface area contributed by atoms with Gasteiger partial charge < -0.3 is 5.32 Å². The summed E-state index contributed by atoms with van der Waals surface area (Å²) in [7, 11) is 0. The molecule has 0 bridgehead atoms. The van der Waals surface area contributed by atoms with Crippen LogP contribution in [0.25, 0.3) is 11.0 Å². The number of thiocarbonyl (C=S) groups is 1. The summed E-state index contributed by atoms with van der Waals surface area (Å²) in [6.07, 6.45) is 3.84. The van der Waals surface area contributed by atoms with Crippen LogP contribution in [0.3, 0.4) is 0 Å². The molecule has 4 rings (SSSR count). The summed E-state index contributed by atoms with van der Waals surface area (Å²) >= 11 is 5.75. The number of nitrogens with one attached hydrogen (secondary N) is 1. The van der Waals surface area contributed by atoms with E-state index >= 15 is 0 Å². The maximum absolute atomic E-state index is 12.8. The second-order valence-corrected chi connectivity index (χ2v) is 7.84. The molecule has 1 N–H and O–H groups in total. The van der Waals surface area contributed by atoms with Gasteiger partial charge in [0.05, 0.1) is 12.8 Å². The highest BCUT2D eigenvalue weighted by Gasteiger charge is 2.29. The van der Waals surface area contributed by atoms with Crippen molar-refractivity contribution in [1.82, 2.24) is 9.99 Å². The number of amides is 1. The highest BCUT2D eigenvalue weighted by molar-refractivity contribution is 7.80. The average Bonchev–Trinajstić information content (AvgIpc) is 3.16. The van der Waals surface area contributed by atoms with Gasteiger partial charge in [0.15, 0.2) is 10.5 Å². The Morgan fingerprint density at radius 2 is 1.66 bits per heavy atom. The topological polar surface area (TPSA) is 50.3 Å². The maximum atomic E-state index is 12.8. The molecule has 4 aromatic rings. The molecule has 1 aromatic heterocycles. The van der Waals surface area contributed by atoms with Gasteiger partial charge in [0.2, 0.25) is 5.52 Å². The van der Waals surface area contributed by atoms with E-state index in [2.05, 4.69) is 22.9 Å². The smallest absolute Gasteiger partial charge is 0.306 e. The molecule has 0 radical (unpaired) electrons. The third kappa shape index (κ3) is 4.65. The molecule has 0 unspecified atom stereocenters. The molecule has 0 aliphatic carbocycles. The predicted octanol–water partition coefficient (Wildman–Crippen LogP) is 4.72. The van der Waals surface area contributed by atoms with Gasteiger partial charge in [0.25, 0.3) is 5.91 Å². The quantitative estimate of drug-likeness (QED) is 0.256. The number of unbranched alkanes of at least 4 members (excludes halogenated alkanes) is 1. The third-order valence-corrected chi connectivity index (χ3v) is 5.46. The molecule has 0 saturated heterocycles. The Balaban J connectivity index is 1.80. The zero-order valence-electron chi connectivity index (χ0n) is 17.9. The van der Waals surface area contributed by atoms with E-state index < -0.39 is 0 Å². The van der Waals surface area contributed by atoms with E-state index in [1.165, 1.54) is 0 Å². The number of imidazole rings is 1. The Bertz CT molecular complexity index is 1260. The zero-order chi connectivity index (χ0) is 22.3. The van der Waals surface area contributed by atoms with Crippen molar-refractivity contribution in [3.05, 3.63) is 102 Å². The van der Waals surface area contributed by atoms with Gasteiger partial charge in [-0.1, -0.05) is 96.0 Å². The fraction of sp³-hybridized carbons (Fsp3) is 0.154. The SMILES string of the molecule is CCCC[n+]1c(C(=S)NC(=O)c2ccccc2)n(/N=C/c2ccccc2)c2ccccc21. The number of fused-ring (bicyclic) bond motifs is 1. The van der Waals surface area contributed by atoms with Crippen LogP contribution in [-0.4, -0.2) is 21.8 Å². The lowest BCUT2D eigenvalue weighted by molar-refractivity contribution is -0.673. The second kappa shape index (κ2) is 10.1. The Morgan fingerprint density at radius 3 is 2.38 bits per heavy atom. The Hall–Kier alpha value is -3.64. The lowest BCUT2D eigenvalue weighted by Gasteiger charge is -2.06. The number of benzene rings is 3. The molecule has 1 heterocycles. The first-order valence-electron chi connectivity index (χ1n) is 10.7. The van der Waals surface area contributed by atoms with Crippen LogP contribution in [0.15, 0.2) is 90.0 Å². The van der Waals surface area contributed by atoms with E-state index in [-0.39, 0.29) is 5.91 Å². The molecule has 0 atom stereocenters. The number of hydrogen-bond acceptors (Lipinski definition) is 3. The highest BCUT2D eigenvalue weighted by atomic mass is 32.1. The largest absolute Gasteiger partial charge is 0.343 e. The predicted molar refractivity (Wildman–Crippen MR) is 132 cm³/mol. The number of aromatic nitrogens is 2. The van der Waals surface area contributed by atoms with Crippen molar-refractivity contribution >= 4 is 40.4 Å². The molecular weight excluding hydrogens is 416 g/mol. The molecule has 0 aliphatic rings. The fourth-order valence-corrected chi connectivity index (χ4v) is 3.87. The molecular formula is C26H25N4OS+. The maximum Gasteiger partial charge on any atom is 0.343 e. The summed E-state index contributed by atoms with van der Waals surface area (Å²) in [5.74, 6) is 0.451. The first kappa shape index (κ1) is 21.6. The minimum absolute atomic E-state index is 0.235. The van der Waals surface area contributed by atoms with Crippen molar-refractivity contribution in [2.75, 3.05) is 0 Å². The van der Waals surface area contributed by atoms with Crippen molar-refractivity contribution < 1.29 is 9.36 Å². The van der Waals surface area contributed by atoms with Gasteiger partial charge in [0.1, 0.15) is 0 Å². The number of hydrogen-bond donors (Lipinski definition) is 1. The molecule has 160 valence electrons. The standard InChI is InChI=1S/C26H24N4OS/c1-2-3-18-29-22-16-10-11-17-23(22)30(27-19-20-12-6-4-7-13-20)26(29)25(32)28-24(31)21-14-8-5-9-15-21/h4-17,19H,2-3,18H2,1H3/p+1/b27-19+. The fourth-order valence-electron chi connectivity index (χ4n) is 3.58. The van der Waals surface area contributed by atoms with Crippen LogP contribution in [0, 0.1) is 0 Å². The van der Waals surface area contributed by atoms with Gasteiger partial charge >= 0.3 is 5.82 Å². The van der Waals surface area contributed by atoms with E-state index in [0.29, 0.717) is 16.4 Å². The molecule has 1 amide bonds. The van der Waals surface area contributed by atoms with E-state index in [1.54, 1.807) is 12.1 Å². The van der Waals surface area contributed by atoms with Gasteiger partial charge in [-0.15, -0.1) is 0 Å². The van der Waals surface area contributed by atoms with Crippen LogP contribution >= 0.6 is 12.2 Å². The average molecular weight is 442 g/mol. The number of aryl methyl sites for hydroxylation is 1. The van der Waals surface area contributed by atoms with Crippen LogP contribution in [0.1, 0.15) is 41.5 Å². The molecule has 0 spiro atoms. The van der Waals surface area contributed by atoms with Gasteiger partial charge in [-0.05, 0) is 36.2 Å². The summed E-state index contributed by atoms with van der Waals surface area (Å²) in [6, 6.07) is 27.1. The van der Waals surface area contributed by atoms with Crippen LogP contribution in [0.2, 0.25) is 0 Å². The number of rotatable bonds is 7. The van der Waals surface area contributed by atoms with Crippen LogP contribution in [0.5, 0.6) is 0 Å². The number of carbonyl (C=O) groups is 1. The summed E-state index contributed by atoms with van der Waals surface area (Å²) in [5, 5.41) is 7.67. The lowest BCUT2D eigenvalue weighted by Crippen LogP contribution is -2.44. The summed E-state index contributed by atoms with van der Waals surface area (Å²) in [5.41, 5.74) is 3.50. The van der Waals surface area contributed by atoms with Crippen LogP contribution in [-0.2, 0) is 6.54 Å². The Labute approximate surface area is 193 Å². The molecule has 0 saturated carbocycles.